The van der Waals surface area contributed by atoms with Gasteiger partial charge in [0.15, 0.2) is 0 Å². The Morgan fingerprint density at radius 1 is 1.00 bits per heavy atom. The zero-order chi connectivity index (χ0) is 18.4. The first-order chi connectivity index (χ1) is 12.7. The van der Waals surface area contributed by atoms with Crippen LogP contribution in [-0.4, -0.2) is 26.7 Å². The summed E-state index contributed by atoms with van der Waals surface area (Å²) >= 11 is 0. The number of carbonyl (C=O) groups excluding carboxylic acids is 1. The highest BCUT2D eigenvalue weighted by Crippen LogP contribution is 2.27. The Hall–Kier alpha value is -2.69. The zero-order valence-electron chi connectivity index (χ0n) is 15.4. The van der Waals surface area contributed by atoms with Crippen LogP contribution < -0.4 is 20.1 Å². The predicted octanol–water partition coefficient (Wildman–Crippen LogP) is 4.56. The third kappa shape index (κ3) is 4.48. The molecule has 0 radical (unpaired) electrons. The highest BCUT2D eigenvalue weighted by molar-refractivity contribution is 6.06. The fraction of sp³-hybridized carbons (Fsp3) is 0.381. The van der Waals surface area contributed by atoms with Crippen LogP contribution in [0.1, 0.15) is 36.0 Å². The van der Waals surface area contributed by atoms with Crippen LogP contribution in [0.5, 0.6) is 11.5 Å². The molecule has 0 heterocycles. The number of anilines is 2. The van der Waals surface area contributed by atoms with Crippen LogP contribution in [0.3, 0.4) is 0 Å². The number of benzene rings is 2. The van der Waals surface area contributed by atoms with Crippen LogP contribution in [0.25, 0.3) is 0 Å². The zero-order valence-corrected chi connectivity index (χ0v) is 15.4. The average Bonchev–Trinajstić information content (AvgIpc) is 3.20. The molecule has 1 amide bonds. The minimum absolute atomic E-state index is 0.212. The van der Waals surface area contributed by atoms with Gasteiger partial charge >= 0.3 is 0 Å². The fourth-order valence-corrected chi connectivity index (χ4v) is 3.33. The van der Waals surface area contributed by atoms with Crippen molar-refractivity contribution >= 4 is 17.3 Å². The van der Waals surface area contributed by atoms with Crippen molar-refractivity contribution in [1.29, 1.82) is 0 Å². The molecule has 2 N–H and O–H groups in total. The Bertz CT molecular complexity index is 737. The van der Waals surface area contributed by atoms with Crippen molar-refractivity contribution < 1.29 is 14.3 Å². The monoisotopic (exact) mass is 354 g/mol. The molecule has 5 nitrogen and oxygen atoms in total. The van der Waals surface area contributed by atoms with E-state index in [1.165, 1.54) is 32.8 Å². The van der Waals surface area contributed by atoms with Gasteiger partial charge in [0.05, 0.1) is 19.8 Å². The number of methoxy groups -OCH3 is 2. The summed E-state index contributed by atoms with van der Waals surface area (Å²) < 4.78 is 10.5. The standard InChI is InChI=1S/C21H26N2O3/c1-25-18-11-12-19(20(13-18)26-2)21(24)23-17-9-7-16(8-10-17)22-14-15-5-3-4-6-15/h7-13,15,22H,3-6,14H2,1-2H3,(H,23,24). The first-order valence-electron chi connectivity index (χ1n) is 9.07. The summed E-state index contributed by atoms with van der Waals surface area (Å²) in [6.07, 6.45) is 5.36. The van der Waals surface area contributed by atoms with E-state index < -0.39 is 0 Å². The summed E-state index contributed by atoms with van der Waals surface area (Å²) in [6, 6.07) is 12.9. The lowest BCUT2D eigenvalue weighted by Crippen LogP contribution is -2.13. The normalized spacial score (nSPS) is 14.1. The molecule has 2 aromatic carbocycles. The van der Waals surface area contributed by atoms with E-state index in [-0.39, 0.29) is 5.91 Å². The van der Waals surface area contributed by atoms with Gasteiger partial charge < -0.3 is 20.1 Å². The number of nitrogens with one attached hydrogen (secondary N) is 2. The molecule has 0 unspecified atom stereocenters. The van der Waals surface area contributed by atoms with Gasteiger partial charge in [-0.3, -0.25) is 4.79 Å². The Kier molecular flexibility index (Phi) is 6.00. The van der Waals surface area contributed by atoms with Gasteiger partial charge in [0, 0.05) is 24.0 Å². The first-order valence-corrected chi connectivity index (χ1v) is 9.07. The van der Waals surface area contributed by atoms with E-state index in [1.807, 2.05) is 24.3 Å². The maximum atomic E-state index is 12.5. The second kappa shape index (κ2) is 8.61. The van der Waals surface area contributed by atoms with Crippen molar-refractivity contribution in [2.45, 2.75) is 25.7 Å². The summed E-state index contributed by atoms with van der Waals surface area (Å²) in [5.41, 5.74) is 2.30. The van der Waals surface area contributed by atoms with Gasteiger partial charge in [-0.2, -0.15) is 0 Å². The molecule has 138 valence electrons. The predicted molar refractivity (Wildman–Crippen MR) is 104 cm³/mol. The highest BCUT2D eigenvalue weighted by Gasteiger charge is 2.15. The molecule has 3 rings (SSSR count). The van der Waals surface area contributed by atoms with Crippen LogP contribution >= 0.6 is 0 Å². The molecule has 2 aromatic rings. The number of amides is 1. The van der Waals surface area contributed by atoms with Gasteiger partial charge in [-0.1, -0.05) is 12.8 Å². The molecule has 1 saturated carbocycles. The second-order valence-corrected chi connectivity index (χ2v) is 6.63. The molecule has 0 aliphatic heterocycles. The number of hydrogen-bond donors (Lipinski definition) is 2. The lowest BCUT2D eigenvalue weighted by molar-refractivity contribution is 0.102. The maximum Gasteiger partial charge on any atom is 0.259 e. The van der Waals surface area contributed by atoms with E-state index in [4.69, 9.17) is 9.47 Å². The van der Waals surface area contributed by atoms with Gasteiger partial charge in [0.25, 0.3) is 5.91 Å². The summed E-state index contributed by atoms with van der Waals surface area (Å²) in [5.74, 6) is 1.71. The molecule has 0 atom stereocenters. The third-order valence-corrected chi connectivity index (χ3v) is 4.87. The van der Waals surface area contributed by atoms with Crippen LogP contribution in [-0.2, 0) is 0 Å². The van der Waals surface area contributed by atoms with Crippen molar-refractivity contribution in [3.05, 3.63) is 48.0 Å². The van der Waals surface area contributed by atoms with E-state index in [2.05, 4.69) is 10.6 Å². The highest BCUT2D eigenvalue weighted by atomic mass is 16.5. The van der Waals surface area contributed by atoms with E-state index in [9.17, 15) is 4.79 Å². The van der Waals surface area contributed by atoms with E-state index in [0.29, 0.717) is 17.1 Å². The minimum atomic E-state index is -0.212. The van der Waals surface area contributed by atoms with Crippen LogP contribution in [0, 0.1) is 5.92 Å². The van der Waals surface area contributed by atoms with Gasteiger partial charge in [-0.25, -0.2) is 0 Å². The average molecular weight is 354 g/mol. The number of rotatable bonds is 7. The van der Waals surface area contributed by atoms with Crippen molar-refractivity contribution in [3.8, 4) is 11.5 Å². The number of carbonyl (C=O) groups is 1. The van der Waals surface area contributed by atoms with Crippen LogP contribution in [0.15, 0.2) is 42.5 Å². The lowest BCUT2D eigenvalue weighted by Gasteiger charge is -2.13. The molecule has 5 heteroatoms. The maximum absolute atomic E-state index is 12.5. The Labute approximate surface area is 154 Å². The van der Waals surface area contributed by atoms with Crippen molar-refractivity contribution in [3.63, 3.8) is 0 Å². The van der Waals surface area contributed by atoms with Gasteiger partial charge in [-0.15, -0.1) is 0 Å². The molecule has 1 aliphatic rings. The first kappa shape index (κ1) is 18.1. The molecule has 1 fully saturated rings. The quantitative estimate of drug-likeness (QED) is 0.765. The summed E-state index contributed by atoms with van der Waals surface area (Å²) in [5, 5.41) is 6.39. The molecule has 0 saturated heterocycles. The summed E-state index contributed by atoms with van der Waals surface area (Å²) in [4.78, 5) is 12.5. The minimum Gasteiger partial charge on any atom is -0.497 e. The molecule has 26 heavy (non-hydrogen) atoms. The third-order valence-electron chi connectivity index (χ3n) is 4.87. The molecule has 0 spiro atoms. The lowest BCUT2D eigenvalue weighted by atomic mass is 10.1. The van der Waals surface area contributed by atoms with E-state index >= 15 is 0 Å². The Morgan fingerprint density at radius 2 is 1.69 bits per heavy atom. The second-order valence-electron chi connectivity index (χ2n) is 6.63. The number of ether oxygens (including phenoxy) is 2. The molecule has 0 aromatic heterocycles. The topological polar surface area (TPSA) is 59.6 Å². The molecule has 1 aliphatic carbocycles. The SMILES string of the molecule is COc1ccc(C(=O)Nc2ccc(NCC3CCCC3)cc2)c(OC)c1. The smallest absolute Gasteiger partial charge is 0.259 e. The Morgan fingerprint density at radius 3 is 2.35 bits per heavy atom. The fourth-order valence-electron chi connectivity index (χ4n) is 3.33. The molecule has 0 bridgehead atoms. The van der Waals surface area contributed by atoms with E-state index in [0.717, 1.165) is 23.8 Å². The van der Waals surface area contributed by atoms with Gasteiger partial charge in [-0.05, 0) is 55.2 Å². The number of hydrogen-bond acceptors (Lipinski definition) is 4. The Balaban J connectivity index is 1.60. The van der Waals surface area contributed by atoms with Crippen molar-refractivity contribution in [2.75, 3.05) is 31.4 Å². The van der Waals surface area contributed by atoms with E-state index in [1.54, 1.807) is 25.3 Å². The van der Waals surface area contributed by atoms with Gasteiger partial charge in [0.1, 0.15) is 11.5 Å². The van der Waals surface area contributed by atoms with Gasteiger partial charge in [0.2, 0.25) is 0 Å². The van der Waals surface area contributed by atoms with Crippen molar-refractivity contribution in [1.82, 2.24) is 0 Å². The van der Waals surface area contributed by atoms with Crippen molar-refractivity contribution in [2.24, 2.45) is 5.92 Å². The largest absolute Gasteiger partial charge is 0.497 e. The molecular formula is C21H26N2O3. The summed E-state index contributed by atoms with van der Waals surface area (Å²) in [7, 11) is 3.12. The van der Waals surface area contributed by atoms with Crippen LogP contribution in [0.4, 0.5) is 11.4 Å². The summed E-state index contributed by atoms with van der Waals surface area (Å²) in [6.45, 7) is 1.02. The van der Waals surface area contributed by atoms with Crippen LogP contribution in [0.2, 0.25) is 0 Å². The molecular weight excluding hydrogens is 328 g/mol.